The Bertz CT molecular complexity index is 683. The van der Waals surface area contributed by atoms with Gasteiger partial charge in [-0.15, -0.1) is 11.3 Å². The number of thiophene rings is 1. The molecule has 1 aliphatic rings. The molecule has 104 valence electrons. The standard InChI is InChI=1S/C14H10Br3NOS/c15-11-6-9(14(17)20-11)13(16)8-1-3-10-7(5-8)2-4-12(19)18-10/h1,3,5-6,13H,2,4H2,(H,18,19). The van der Waals surface area contributed by atoms with E-state index in [0.29, 0.717) is 6.42 Å². The molecule has 20 heavy (non-hydrogen) atoms. The van der Waals surface area contributed by atoms with Gasteiger partial charge in [0, 0.05) is 12.1 Å². The second-order valence-corrected chi connectivity index (χ2v) is 9.27. The minimum Gasteiger partial charge on any atom is -0.326 e. The first-order chi connectivity index (χ1) is 9.54. The number of nitrogens with one attached hydrogen (secondary N) is 1. The van der Waals surface area contributed by atoms with Crippen LogP contribution >= 0.6 is 59.1 Å². The number of aryl methyl sites for hydroxylation is 1. The number of benzene rings is 1. The zero-order chi connectivity index (χ0) is 14.3. The Morgan fingerprint density at radius 2 is 2.00 bits per heavy atom. The van der Waals surface area contributed by atoms with Gasteiger partial charge >= 0.3 is 0 Å². The summed E-state index contributed by atoms with van der Waals surface area (Å²) < 4.78 is 2.23. The van der Waals surface area contributed by atoms with Gasteiger partial charge in [-0.05, 0) is 67.1 Å². The molecule has 1 unspecified atom stereocenters. The molecule has 6 heteroatoms. The van der Waals surface area contributed by atoms with E-state index in [0.717, 1.165) is 19.7 Å². The van der Waals surface area contributed by atoms with Gasteiger partial charge in [0.15, 0.2) is 0 Å². The third-order valence-corrected chi connectivity index (χ3v) is 6.68. The lowest BCUT2D eigenvalue weighted by Gasteiger charge is -2.19. The maximum atomic E-state index is 11.4. The molecule has 1 atom stereocenters. The van der Waals surface area contributed by atoms with Crippen molar-refractivity contribution in [2.45, 2.75) is 17.7 Å². The molecule has 1 amide bonds. The first-order valence-electron chi connectivity index (χ1n) is 6.06. The van der Waals surface area contributed by atoms with Gasteiger partial charge in [0.05, 0.1) is 12.4 Å². The highest BCUT2D eigenvalue weighted by molar-refractivity contribution is 9.12. The van der Waals surface area contributed by atoms with Crippen LogP contribution in [0.3, 0.4) is 0 Å². The van der Waals surface area contributed by atoms with Gasteiger partial charge in [-0.1, -0.05) is 28.1 Å². The summed E-state index contributed by atoms with van der Waals surface area (Å²) in [5.41, 5.74) is 4.56. The SMILES string of the molecule is O=C1CCc2cc(C(Br)c3cc(Br)sc3Br)ccc2N1. The normalized spacial score (nSPS) is 15.7. The van der Waals surface area contributed by atoms with E-state index < -0.39 is 0 Å². The first-order valence-corrected chi connectivity index (χ1v) is 9.38. The summed E-state index contributed by atoms with van der Waals surface area (Å²) in [5.74, 6) is 0.102. The molecular formula is C14H10Br3NOS. The summed E-state index contributed by atoms with van der Waals surface area (Å²) in [6, 6.07) is 8.34. The topological polar surface area (TPSA) is 29.1 Å². The van der Waals surface area contributed by atoms with E-state index >= 15 is 0 Å². The maximum Gasteiger partial charge on any atom is 0.224 e. The second kappa shape index (κ2) is 5.91. The van der Waals surface area contributed by atoms with E-state index in [1.165, 1.54) is 16.7 Å². The number of hydrogen-bond donors (Lipinski definition) is 1. The molecule has 0 radical (unpaired) electrons. The Labute approximate surface area is 146 Å². The third-order valence-electron chi connectivity index (χ3n) is 3.27. The summed E-state index contributed by atoms with van der Waals surface area (Å²) in [5, 5.41) is 2.91. The minimum atomic E-state index is 0.102. The van der Waals surface area contributed by atoms with Crippen molar-refractivity contribution in [2.75, 3.05) is 5.32 Å². The van der Waals surface area contributed by atoms with Gasteiger partial charge in [-0.25, -0.2) is 0 Å². The lowest BCUT2D eigenvalue weighted by Crippen LogP contribution is -2.19. The van der Waals surface area contributed by atoms with Crippen LogP contribution in [0.25, 0.3) is 0 Å². The lowest BCUT2D eigenvalue weighted by atomic mass is 9.98. The molecule has 3 rings (SSSR count). The number of carbonyl (C=O) groups is 1. The van der Waals surface area contributed by atoms with Crippen LogP contribution in [0.2, 0.25) is 0 Å². The summed E-state index contributed by atoms with van der Waals surface area (Å²) in [7, 11) is 0. The molecule has 0 bridgehead atoms. The monoisotopic (exact) mass is 477 g/mol. The van der Waals surface area contributed by atoms with Gasteiger partial charge < -0.3 is 5.32 Å². The molecule has 0 spiro atoms. The number of fused-ring (bicyclic) bond motifs is 1. The fraction of sp³-hybridized carbons (Fsp3) is 0.214. The van der Waals surface area contributed by atoms with Crippen molar-refractivity contribution in [1.82, 2.24) is 0 Å². The first kappa shape index (κ1) is 14.8. The largest absolute Gasteiger partial charge is 0.326 e. The van der Waals surface area contributed by atoms with Crippen LogP contribution in [0.4, 0.5) is 5.69 Å². The van der Waals surface area contributed by atoms with E-state index in [1.54, 1.807) is 11.3 Å². The van der Waals surface area contributed by atoms with Gasteiger partial charge in [-0.3, -0.25) is 4.79 Å². The Morgan fingerprint density at radius 1 is 1.20 bits per heavy atom. The van der Waals surface area contributed by atoms with Crippen molar-refractivity contribution < 1.29 is 4.79 Å². The van der Waals surface area contributed by atoms with Crippen molar-refractivity contribution >= 4 is 70.7 Å². The number of amides is 1. The zero-order valence-electron chi connectivity index (χ0n) is 10.3. The molecule has 1 N–H and O–H groups in total. The Kier molecular flexibility index (Phi) is 4.36. The fourth-order valence-electron chi connectivity index (χ4n) is 2.27. The smallest absolute Gasteiger partial charge is 0.224 e. The predicted molar refractivity (Wildman–Crippen MR) is 93.9 cm³/mol. The van der Waals surface area contributed by atoms with Crippen LogP contribution in [0.5, 0.6) is 0 Å². The van der Waals surface area contributed by atoms with E-state index in [2.05, 4.69) is 71.3 Å². The number of anilines is 1. The highest BCUT2D eigenvalue weighted by Crippen LogP contribution is 2.42. The van der Waals surface area contributed by atoms with Crippen LogP contribution in [0.15, 0.2) is 31.8 Å². The molecule has 0 fully saturated rings. The van der Waals surface area contributed by atoms with Crippen molar-refractivity contribution in [3.8, 4) is 0 Å². The van der Waals surface area contributed by atoms with Gasteiger partial charge in [0.1, 0.15) is 0 Å². The summed E-state index contributed by atoms with van der Waals surface area (Å²) in [4.78, 5) is 11.5. The van der Waals surface area contributed by atoms with Crippen LogP contribution in [0.1, 0.15) is 27.9 Å². The van der Waals surface area contributed by atoms with Crippen LogP contribution in [-0.2, 0) is 11.2 Å². The maximum absolute atomic E-state index is 11.4. The lowest BCUT2D eigenvalue weighted by molar-refractivity contribution is -0.116. The van der Waals surface area contributed by atoms with Crippen LogP contribution in [0, 0.1) is 0 Å². The van der Waals surface area contributed by atoms with Gasteiger partial charge in [0.2, 0.25) is 5.91 Å². The second-order valence-electron chi connectivity index (χ2n) is 4.61. The number of hydrogen-bond acceptors (Lipinski definition) is 2. The van der Waals surface area contributed by atoms with E-state index in [1.807, 2.05) is 6.07 Å². The van der Waals surface area contributed by atoms with Crippen molar-refractivity contribution in [2.24, 2.45) is 0 Å². The van der Waals surface area contributed by atoms with Crippen molar-refractivity contribution in [3.63, 3.8) is 0 Å². The van der Waals surface area contributed by atoms with Crippen molar-refractivity contribution in [3.05, 3.63) is 48.5 Å². The molecule has 0 saturated carbocycles. The summed E-state index contributed by atoms with van der Waals surface area (Å²) >= 11 is 12.5. The molecule has 2 heterocycles. The molecule has 0 saturated heterocycles. The third kappa shape index (κ3) is 2.89. The molecule has 0 aliphatic carbocycles. The number of halogens is 3. The Morgan fingerprint density at radius 3 is 2.70 bits per heavy atom. The van der Waals surface area contributed by atoms with Crippen LogP contribution < -0.4 is 5.32 Å². The number of rotatable bonds is 2. The highest BCUT2D eigenvalue weighted by atomic mass is 79.9. The van der Waals surface area contributed by atoms with E-state index in [9.17, 15) is 4.79 Å². The molecule has 2 nitrogen and oxygen atoms in total. The molecule has 1 aromatic carbocycles. The molecular weight excluding hydrogens is 470 g/mol. The van der Waals surface area contributed by atoms with E-state index in [-0.39, 0.29) is 10.7 Å². The Hall–Kier alpha value is -0.170. The fourth-order valence-corrected chi connectivity index (χ4v) is 6.27. The number of carbonyl (C=O) groups excluding carboxylic acids is 1. The van der Waals surface area contributed by atoms with Gasteiger partial charge in [-0.2, -0.15) is 0 Å². The van der Waals surface area contributed by atoms with Crippen molar-refractivity contribution in [1.29, 1.82) is 0 Å². The van der Waals surface area contributed by atoms with E-state index in [4.69, 9.17) is 0 Å². The predicted octanol–water partition coefficient (Wildman–Crippen LogP) is 5.64. The molecule has 1 aromatic heterocycles. The number of alkyl halides is 1. The zero-order valence-corrected chi connectivity index (χ0v) is 15.8. The quantitative estimate of drug-likeness (QED) is 0.555. The summed E-state index contributed by atoms with van der Waals surface area (Å²) in [6.45, 7) is 0. The molecule has 1 aliphatic heterocycles. The highest BCUT2D eigenvalue weighted by Gasteiger charge is 2.20. The minimum absolute atomic E-state index is 0.102. The summed E-state index contributed by atoms with van der Waals surface area (Å²) in [6.07, 6.45) is 1.38. The van der Waals surface area contributed by atoms with Crippen LogP contribution in [-0.4, -0.2) is 5.91 Å². The van der Waals surface area contributed by atoms with Gasteiger partial charge in [0.25, 0.3) is 0 Å². The average molecular weight is 480 g/mol. The Balaban J connectivity index is 1.95. The molecule has 2 aromatic rings. The average Bonchev–Trinajstić information content (AvgIpc) is 2.76.